The first kappa shape index (κ1) is 20.1. The monoisotopic (exact) mass is 367 g/mol. The predicted octanol–water partition coefficient (Wildman–Crippen LogP) is -0.550. The summed E-state index contributed by atoms with van der Waals surface area (Å²) in [6.45, 7) is 0.732. The molecule has 1 aliphatic heterocycles. The lowest BCUT2D eigenvalue weighted by atomic mass is 10.1. The van der Waals surface area contributed by atoms with Crippen molar-refractivity contribution < 1.29 is 29.3 Å². The summed E-state index contributed by atoms with van der Waals surface area (Å²) in [7, 11) is 1.53. The van der Waals surface area contributed by atoms with Crippen molar-refractivity contribution in [3.63, 3.8) is 0 Å². The molecule has 0 aliphatic carbocycles. The molecule has 1 aliphatic rings. The van der Waals surface area contributed by atoms with Gasteiger partial charge in [0.25, 0.3) is 0 Å². The topological polar surface area (TPSA) is 129 Å². The SMILES string of the molecule is COCCNC(=O)CC1OC(CNC(=O)Nc2ccccc2)C(O)C1O. The van der Waals surface area contributed by atoms with Crippen LogP contribution in [-0.2, 0) is 14.3 Å². The minimum Gasteiger partial charge on any atom is -0.388 e. The third kappa shape index (κ3) is 5.95. The molecule has 2 rings (SSSR count). The van der Waals surface area contributed by atoms with Gasteiger partial charge in [-0.25, -0.2) is 4.79 Å². The molecule has 1 heterocycles. The summed E-state index contributed by atoms with van der Waals surface area (Å²) in [5.41, 5.74) is 0.628. The number of carbonyl (C=O) groups excluding carboxylic acids is 2. The number of aliphatic hydroxyl groups is 2. The van der Waals surface area contributed by atoms with E-state index in [1.165, 1.54) is 7.11 Å². The van der Waals surface area contributed by atoms with E-state index in [2.05, 4.69) is 16.0 Å². The quantitative estimate of drug-likeness (QED) is 0.392. The number of methoxy groups -OCH3 is 1. The summed E-state index contributed by atoms with van der Waals surface area (Å²) in [5.74, 6) is -0.311. The van der Waals surface area contributed by atoms with Gasteiger partial charge in [-0.15, -0.1) is 0 Å². The molecule has 0 radical (unpaired) electrons. The lowest BCUT2D eigenvalue weighted by Gasteiger charge is -2.15. The second-order valence-corrected chi connectivity index (χ2v) is 5.94. The van der Waals surface area contributed by atoms with Crippen molar-refractivity contribution in [2.45, 2.75) is 30.8 Å². The molecule has 0 aromatic heterocycles. The molecule has 144 valence electrons. The standard InChI is InChI=1S/C17H25N3O6/c1-25-8-7-18-14(21)9-12-15(22)16(23)13(26-12)10-19-17(24)20-11-5-3-2-4-6-11/h2-6,12-13,15-16,22-23H,7-10H2,1H3,(H,18,21)(H2,19,20,24). The molecule has 9 heteroatoms. The molecule has 0 spiro atoms. The number of aliphatic hydroxyl groups excluding tert-OH is 2. The van der Waals surface area contributed by atoms with Crippen molar-refractivity contribution in [1.29, 1.82) is 0 Å². The van der Waals surface area contributed by atoms with E-state index in [4.69, 9.17) is 9.47 Å². The van der Waals surface area contributed by atoms with Gasteiger partial charge in [-0.3, -0.25) is 4.79 Å². The van der Waals surface area contributed by atoms with Crippen LogP contribution in [0, 0.1) is 0 Å². The van der Waals surface area contributed by atoms with Crippen molar-refractivity contribution in [1.82, 2.24) is 10.6 Å². The van der Waals surface area contributed by atoms with Gasteiger partial charge in [0, 0.05) is 25.9 Å². The van der Waals surface area contributed by atoms with Gasteiger partial charge in [0.05, 0.1) is 19.1 Å². The Kier molecular flexibility index (Phi) is 7.79. The average molecular weight is 367 g/mol. The molecule has 1 saturated heterocycles. The van der Waals surface area contributed by atoms with Gasteiger partial charge in [0.15, 0.2) is 0 Å². The van der Waals surface area contributed by atoms with Crippen LogP contribution in [0.3, 0.4) is 0 Å². The third-order valence-corrected chi connectivity index (χ3v) is 3.97. The average Bonchev–Trinajstić information content (AvgIpc) is 2.89. The summed E-state index contributed by atoms with van der Waals surface area (Å²) < 4.78 is 10.4. The number of rotatable bonds is 8. The molecule has 26 heavy (non-hydrogen) atoms. The molecular formula is C17H25N3O6. The van der Waals surface area contributed by atoms with Gasteiger partial charge in [-0.2, -0.15) is 0 Å². The first-order chi connectivity index (χ1) is 12.5. The zero-order valence-corrected chi connectivity index (χ0v) is 14.6. The fourth-order valence-corrected chi connectivity index (χ4v) is 2.60. The van der Waals surface area contributed by atoms with Gasteiger partial charge >= 0.3 is 6.03 Å². The third-order valence-electron chi connectivity index (χ3n) is 3.97. The molecule has 5 N–H and O–H groups in total. The highest BCUT2D eigenvalue weighted by molar-refractivity contribution is 5.89. The van der Waals surface area contributed by atoms with E-state index in [1.54, 1.807) is 24.3 Å². The van der Waals surface area contributed by atoms with Gasteiger partial charge < -0.3 is 35.6 Å². The highest BCUT2D eigenvalue weighted by atomic mass is 16.5. The Labute approximate surface area is 151 Å². The van der Waals surface area contributed by atoms with Crippen LogP contribution in [-0.4, -0.2) is 73.4 Å². The number of ether oxygens (including phenoxy) is 2. The van der Waals surface area contributed by atoms with E-state index in [0.717, 1.165) is 0 Å². The minimum atomic E-state index is -1.20. The Bertz CT molecular complexity index is 585. The molecule has 0 saturated carbocycles. The summed E-state index contributed by atoms with van der Waals surface area (Å²) >= 11 is 0. The predicted molar refractivity (Wildman–Crippen MR) is 93.6 cm³/mol. The summed E-state index contributed by atoms with van der Waals surface area (Å²) in [6.07, 6.45) is -4.12. The highest BCUT2D eigenvalue weighted by Crippen LogP contribution is 2.23. The number of amides is 3. The van der Waals surface area contributed by atoms with E-state index in [9.17, 15) is 19.8 Å². The van der Waals surface area contributed by atoms with Crippen molar-refractivity contribution in [2.75, 3.05) is 32.1 Å². The van der Waals surface area contributed by atoms with Crippen LogP contribution in [0.1, 0.15) is 6.42 Å². The zero-order chi connectivity index (χ0) is 18.9. The minimum absolute atomic E-state index is 0.00130. The maximum Gasteiger partial charge on any atom is 0.319 e. The molecule has 0 bridgehead atoms. The number of anilines is 1. The Morgan fingerprint density at radius 3 is 2.50 bits per heavy atom. The lowest BCUT2D eigenvalue weighted by Crippen LogP contribution is -2.41. The first-order valence-corrected chi connectivity index (χ1v) is 8.38. The Balaban J connectivity index is 1.76. The molecule has 3 amide bonds. The number of para-hydroxylation sites is 1. The van der Waals surface area contributed by atoms with Gasteiger partial charge in [-0.05, 0) is 12.1 Å². The molecule has 1 fully saturated rings. The van der Waals surface area contributed by atoms with Crippen LogP contribution in [0.2, 0.25) is 0 Å². The summed E-state index contributed by atoms with van der Waals surface area (Å²) in [5, 5.41) is 27.9. The van der Waals surface area contributed by atoms with Crippen LogP contribution < -0.4 is 16.0 Å². The van der Waals surface area contributed by atoms with Crippen LogP contribution in [0.5, 0.6) is 0 Å². The number of carbonyl (C=O) groups is 2. The smallest absolute Gasteiger partial charge is 0.319 e. The van der Waals surface area contributed by atoms with Gasteiger partial charge in [0.1, 0.15) is 18.3 Å². The first-order valence-electron chi connectivity index (χ1n) is 8.38. The second-order valence-electron chi connectivity index (χ2n) is 5.94. The molecule has 1 aromatic rings. The lowest BCUT2D eigenvalue weighted by molar-refractivity contribution is -0.125. The van der Waals surface area contributed by atoms with E-state index >= 15 is 0 Å². The fourth-order valence-electron chi connectivity index (χ4n) is 2.60. The molecule has 4 unspecified atom stereocenters. The van der Waals surface area contributed by atoms with Crippen molar-refractivity contribution in [3.8, 4) is 0 Å². The normalized spacial score (nSPS) is 24.9. The number of benzene rings is 1. The van der Waals surface area contributed by atoms with Crippen LogP contribution >= 0.6 is 0 Å². The Morgan fingerprint density at radius 2 is 1.81 bits per heavy atom. The van der Waals surface area contributed by atoms with Crippen molar-refractivity contribution in [3.05, 3.63) is 30.3 Å². The van der Waals surface area contributed by atoms with Crippen molar-refractivity contribution >= 4 is 17.6 Å². The maximum atomic E-state index is 11.9. The molecule has 9 nitrogen and oxygen atoms in total. The number of hydrogen-bond donors (Lipinski definition) is 5. The maximum absolute atomic E-state index is 11.9. The Hall–Kier alpha value is -2.20. The molecular weight excluding hydrogens is 342 g/mol. The molecule has 4 atom stereocenters. The van der Waals surface area contributed by atoms with Gasteiger partial charge in [-0.1, -0.05) is 18.2 Å². The number of urea groups is 1. The number of nitrogens with one attached hydrogen (secondary N) is 3. The summed E-state index contributed by atoms with van der Waals surface area (Å²) in [6, 6.07) is 8.43. The molecule has 1 aromatic carbocycles. The van der Waals surface area contributed by atoms with Gasteiger partial charge in [0.2, 0.25) is 5.91 Å². The van der Waals surface area contributed by atoms with E-state index < -0.39 is 30.4 Å². The highest BCUT2D eigenvalue weighted by Gasteiger charge is 2.43. The van der Waals surface area contributed by atoms with E-state index in [0.29, 0.717) is 18.8 Å². The van der Waals surface area contributed by atoms with Crippen LogP contribution in [0.4, 0.5) is 10.5 Å². The second kappa shape index (κ2) is 10.1. The van der Waals surface area contributed by atoms with E-state index in [-0.39, 0.29) is 18.9 Å². The van der Waals surface area contributed by atoms with Crippen LogP contribution in [0.25, 0.3) is 0 Å². The fraction of sp³-hybridized carbons (Fsp3) is 0.529. The zero-order valence-electron chi connectivity index (χ0n) is 14.6. The van der Waals surface area contributed by atoms with Crippen molar-refractivity contribution in [2.24, 2.45) is 0 Å². The van der Waals surface area contributed by atoms with Crippen LogP contribution in [0.15, 0.2) is 30.3 Å². The summed E-state index contributed by atoms with van der Waals surface area (Å²) in [4.78, 5) is 23.6. The number of hydrogen-bond acceptors (Lipinski definition) is 6. The largest absolute Gasteiger partial charge is 0.388 e. The Morgan fingerprint density at radius 1 is 1.12 bits per heavy atom. The van der Waals surface area contributed by atoms with E-state index in [1.807, 2.05) is 6.07 Å².